The summed E-state index contributed by atoms with van der Waals surface area (Å²) in [6, 6.07) is 20.2. The molecule has 1 unspecified atom stereocenters. The molecule has 1 atom stereocenters. The molecule has 5 rings (SSSR count). The van der Waals surface area contributed by atoms with Gasteiger partial charge in [0, 0.05) is 26.2 Å². The lowest BCUT2D eigenvalue weighted by Crippen LogP contribution is -2.39. The first kappa shape index (κ1) is 25.2. The number of nitrogens with zero attached hydrogens (tertiary/aromatic N) is 2. The van der Waals surface area contributed by atoms with Crippen molar-refractivity contribution in [2.45, 2.75) is 19.1 Å². The van der Waals surface area contributed by atoms with Crippen LogP contribution in [0.2, 0.25) is 0 Å². The summed E-state index contributed by atoms with van der Waals surface area (Å²) in [5.41, 5.74) is 1.96. The number of thiophene rings is 1. The van der Waals surface area contributed by atoms with Gasteiger partial charge >= 0.3 is 0 Å². The molecule has 37 heavy (non-hydrogen) atoms. The van der Waals surface area contributed by atoms with Gasteiger partial charge in [0.2, 0.25) is 5.78 Å². The van der Waals surface area contributed by atoms with Gasteiger partial charge in [-0.25, -0.2) is 0 Å². The summed E-state index contributed by atoms with van der Waals surface area (Å²) >= 11 is 1.30. The van der Waals surface area contributed by atoms with Gasteiger partial charge in [0.1, 0.15) is 12.4 Å². The van der Waals surface area contributed by atoms with Gasteiger partial charge < -0.3 is 19.5 Å². The molecular weight excluding hydrogens is 488 g/mol. The number of ketones is 1. The van der Waals surface area contributed by atoms with E-state index in [4.69, 9.17) is 9.47 Å². The van der Waals surface area contributed by atoms with Crippen molar-refractivity contribution in [1.29, 1.82) is 0 Å². The van der Waals surface area contributed by atoms with Crippen LogP contribution in [0.4, 0.5) is 0 Å². The molecule has 1 amide bonds. The lowest BCUT2D eigenvalue weighted by molar-refractivity contribution is -0.129. The van der Waals surface area contributed by atoms with Crippen LogP contribution in [0, 0.1) is 0 Å². The maximum atomic E-state index is 13.4. The number of carbonyl (C=O) groups excluding carboxylic acids is 2. The highest BCUT2D eigenvalue weighted by Gasteiger charge is 2.43. The van der Waals surface area contributed by atoms with Crippen LogP contribution < -0.4 is 4.74 Å². The Kier molecular flexibility index (Phi) is 7.99. The fourth-order valence-electron chi connectivity index (χ4n) is 4.78. The lowest BCUT2D eigenvalue weighted by Gasteiger charge is -2.30. The van der Waals surface area contributed by atoms with Crippen molar-refractivity contribution in [2.75, 3.05) is 39.4 Å². The zero-order valence-electron chi connectivity index (χ0n) is 20.5. The third kappa shape index (κ3) is 5.77. The highest BCUT2D eigenvalue weighted by molar-refractivity contribution is 7.12. The monoisotopic (exact) mass is 518 g/mol. The molecule has 0 spiro atoms. The van der Waals surface area contributed by atoms with Crippen molar-refractivity contribution >= 4 is 23.0 Å². The Labute approximate surface area is 220 Å². The van der Waals surface area contributed by atoms with Crippen LogP contribution in [0.15, 0.2) is 83.4 Å². The first-order valence-corrected chi connectivity index (χ1v) is 13.4. The fourth-order valence-corrected chi connectivity index (χ4v) is 5.46. The molecule has 2 aliphatic heterocycles. The van der Waals surface area contributed by atoms with Gasteiger partial charge in [-0.05, 0) is 41.1 Å². The van der Waals surface area contributed by atoms with E-state index < -0.39 is 17.7 Å². The quantitative estimate of drug-likeness (QED) is 0.395. The van der Waals surface area contributed by atoms with E-state index in [2.05, 4.69) is 4.90 Å². The fraction of sp³-hybridized carbons (Fsp3) is 0.310. The summed E-state index contributed by atoms with van der Waals surface area (Å²) in [4.78, 5) is 31.0. The van der Waals surface area contributed by atoms with Gasteiger partial charge in [0.05, 0.1) is 29.7 Å². The maximum Gasteiger partial charge on any atom is 0.290 e. The standard InChI is InChI=1S/C29H30N2O5S/c32-27(24-8-4-19-37-24)25-26(22-9-11-23(12-10-22)36-20-21-6-2-1-3-7-21)31(29(34)28(25)33)14-5-13-30-15-17-35-18-16-30/h1-4,6-12,19,26,33H,5,13-18,20H2. The van der Waals surface area contributed by atoms with Crippen molar-refractivity contribution in [3.63, 3.8) is 0 Å². The summed E-state index contributed by atoms with van der Waals surface area (Å²) in [7, 11) is 0. The highest BCUT2D eigenvalue weighted by atomic mass is 32.1. The summed E-state index contributed by atoms with van der Waals surface area (Å²) < 4.78 is 11.3. The van der Waals surface area contributed by atoms with Crippen molar-refractivity contribution in [2.24, 2.45) is 0 Å². The second kappa shape index (κ2) is 11.7. The molecule has 1 aromatic heterocycles. The Bertz CT molecular complexity index is 1240. The zero-order valence-corrected chi connectivity index (χ0v) is 21.4. The van der Waals surface area contributed by atoms with Gasteiger partial charge in [-0.2, -0.15) is 0 Å². The Morgan fingerprint density at radius 3 is 2.46 bits per heavy atom. The van der Waals surface area contributed by atoms with Crippen LogP contribution in [0.1, 0.15) is 33.3 Å². The number of hydrogen-bond acceptors (Lipinski definition) is 7. The number of aliphatic hydroxyl groups excluding tert-OH is 1. The number of amides is 1. The van der Waals surface area contributed by atoms with E-state index in [0.29, 0.717) is 37.0 Å². The van der Waals surface area contributed by atoms with Crippen molar-refractivity contribution in [3.05, 3.63) is 99.4 Å². The number of ether oxygens (including phenoxy) is 2. The van der Waals surface area contributed by atoms with Gasteiger partial charge in [-0.3, -0.25) is 14.5 Å². The molecule has 1 saturated heterocycles. The Balaban J connectivity index is 1.36. The minimum absolute atomic E-state index is 0.136. The number of carbonyl (C=O) groups is 2. The molecule has 3 aromatic rings. The number of benzene rings is 2. The smallest absolute Gasteiger partial charge is 0.290 e. The maximum absolute atomic E-state index is 13.4. The first-order valence-electron chi connectivity index (χ1n) is 12.5. The third-order valence-electron chi connectivity index (χ3n) is 6.71. The first-order chi connectivity index (χ1) is 18.1. The molecule has 1 fully saturated rings. The molecule has 2 aliphatic rings. The van der Waals surface area contributed by atoms with Crippen LogP contribution in [0.25, 0.3) is 0 Å². The molecular formula is C29H30N2O5S. The van der Waals surface area contributed by atoms with Crippen LogP contribution in [0.5, 0.6) is 5.75 Å². The van der Waals surface area contributed by atoms with Gasteiger partial charge in [-0.1, -0.05) is 48.5 Å². The molecule has 3 heterocycles. The van der Waals surface area contributed by atoms with Crippen molar-refractivity contribution < 1.29 is 24.2 Å². The summed E-state index contributed by atoms with van der Waals surface area (Å²) in [5.74, 6) is -0.587. The highest BCUT2D eigenvalue weighted by Crippen LogP contribution is 2.40. The lowest BCUT2D eigenvalue weighted by atomic mass is 9.95. The van der Waals surface area contributed by atoms with E-state index in [-0.39, 0.29) is 11.4 Å². The van der Waals surface area contributed by atoms with E-state index in [1.807, 2.05) is 60.0 Å². The van der Waals surface area contributed by atoms with Crippen LogP contribution >= 0.6 is 11.3 Å². The van der Waals surface area contributed by atoms with E-state index in [1.54, 1.807) is 17.0 Å². The van der Waals surface area contributed by atoms with Gasteiger partial charge in [-0.15, -0.1) is 11.3 Å². The van der Waals surface area contributed by atoms with Crippen LogP contribution in [-0.4, -0.2) is 66.0 Å². The minimum Gasteiger partial charge on any atom is -0.503 e. The molecule has 0 aliphatic carbocycles. The predicted octanol–water partition coefficient (Wildman–Crippen LogP) is 4.63. The molecule has 7 nitrogen and oxygen atoms in total. The van der Waals surface area contributed by atoms with E-state index in [1.165, 1.54) is 11.3 Å². The van der Waals surface area contributed by atoms with Crippen LogP contribution in [-0.2, 0) is 16.1 Å². The van der Waals surface area contributed by atoms with Gasteiger partial charge in [0.15, 0.2) is 5.76 Å². The van der Waals surface area contributed by atoms with Crippen molar-refractivity contribution in [3.8, 4) is 5.75 Å². The SMILES string of the molecule is O=C(C1=C(O)C(=O)N(CCCN2CCOCC2)C1c1ccc(OCc2ccccc2)cc1)c1cccs1. The molecule has 1 N–H and O–H groups in total. The molecule has 0 radical (unpaired) electrons. The van der Waals surface area contributed by atoms with Crippen molar-refractivity contribution in [1.82, 2.24) is 9.80 Å². The average molecular weight is 519 g/mol. The Hall–Kier alpha value is -3.46. The number of morpholine rings is 1. The number of aliphatic hydroxyl groups is 1. The molecule has 0 bridgehead atoms. The topological polar surface area (TPSA) is 79.3 Å². The second-order valence-corrected chi connectivity index (χ2v) is 10.1. The zero-order chi connectivity index (χ0) is 25.6. The molecule has 8 heteroatoms. The largest absolute Gasteiger partial charge is 0.503 e. The normalized spacial score (nSPS) is 18.4. The summed E-state index contributed by atoms with van der Waals surface area (Å²) in [6.07, 6.45) is 0.730. The van der Waals surface area contributed by atoms with Gasteiger partial charge in [0.25, 0.3) is 5.91 Å². The predicted molar refractivity (Wildman–Crippen MR) is 142 cm³/mol. The van der Waals surface area contributed by atoms with E-state index >= 15 is 0 Å². The third-order valence-corrected chi connectivity index (χ3v) is 7.58. The van der Waals surface area contributed by atoms with Crippen LogP contribution in [0.3, 0.4) is 0 Å². The molecule has 2 aromatic carbocycles. The second-order valence-electron chi connectivity index (χ2n) is 9.12. The average Bonchev–Trinajstić information content (AvgIpc) is 3.57. The Morgan fingerprint density at radius 2 is 1.76 bits per heavy atom. The number of hydrogen-bond donors (Lipinski definition) is 1. The summed E-state index contributed by atoms with van der Waals surface area (Å²) in [6.45, 7) is 4.86. The Morgan fingerprint density at radius 1 is 1.00 bits per heavy atom. The number of rotatable bonds is 10. The number of Topliss-reactive ketones (excluding diaryl/α,β-unsaturated/α-hetero) is 1. The summed E-state index contributed by atoms with van der Waals surface area (Å²) in [5, 5.41) is 12.7. The van der Waals surface area contributed by atoms with E-state index in [0.717, 1.165) is 37.2 Å². The minimum atomic E-state index is -0.657. The van der Waals surface area contributed by atoms with E-state index in [9.17, 15) is 14.7 Å². The molecule has 192 valence electrons. The molecule has 0 saturated carbocycles.